The fraction of sp³-hybridized carbons (Fsp3) is 0.600. The van der Waals surface area contributed by atoms with Crippen molar-refractivity contribution in [3.05, 3.63) is 22.4 Å². The van der Waals surface area contributed by atoms with Crippen LogP contribution in [0, 0.1) is 0 Å². The molecule has 13 heavy (non-hydrogen) atoms. The first-order valence-electron chi connectivity index (χ1n) is 4.87. The summed E-state index contributed by atoms with van der Waals surface area (Å²) in [6, 6.07) is 4.30. The van der Waals surface area contributed by atoms with Crippen LogP contribution in [0.5, 0.6) is 0 Å². The van der Waals surface area contributed by atoms with E-state index in [9.17, 15) is 0 Å². The Kier molecular flexibility index (Phi) is 5.81. The maximum Gasteiger partial charge on any atom is 0.00768 e. The van der Waals surface area contributed by atoms with Gasteiger partial charge in [-0.2, -0.15) is 0 Å². The number of hydrogen-bond acceptors (Lipinski definition) is 3. The lowest BCUT2D eigenvalue weighted by atomic mass is 10.3. The molecular formula is C10H18N2S. The molecule has 0 bridgehead atoms. The highest BCUT2D eigenvalue weighted by Gasteiger charge is 1.92. The summed E-state index contributed by atoms with van der Waals surface area (Å²) >= 11 is 1.84. The average molecular weight is 198 g/mol. The van der Waals surface area contributed by atoms with Gasteiger partial charge in [-0.25, -0.2) is 0 Å². The minimum absolute atomic E-state index is 1.06. The highest BCUT2D eigenvalue weighted by molar-refractivity contribution is 7.09. The Labute approximate surface area is 84.4 Å². The van der Waals surface area contributed by atoms with Crippen LogP contribution in [0.15, 0.2) is 17.5 Å². The van der Waals surface area contributed by atoms with Gasteiger partial charge in [0, 0.05) is 24.5 Å². The molecule has 0 atom stereocenters. The molecule has 1 rings (SSSR count). The van der Waals surface area contributed by atoms with Crippen LogP contribution in [0.25, 0.3) is 0 Å². The maximum absolute atomic E-state index is 3.40. The fourth-order valence-corrected chi connectivity index (χ4v) is 1.85. The predicted molar refractivity (Wildman–Crippen MR) is 59.4 cm³/mol. The van der Waals surface area contributed by atoms with Gasteiger partial charge in [0.2, 0.25) is 0 Å². The minimum atomic E-state index is 1.06. The molecular weight excluding hydrogens is 180 g/mol. The van der Waals surface area contributed by atoms with E-state index >= 15 is 0 Å². The number of thiophene rings is 1. The highest BCUT2D eigenvalue weighted by atomic mass is 32.1. The Morgan fingerprint density at radius 3 is 2.77 bits per heavy atom. The van der Waals surface area contributed by atoms with Gasteiger partial charge in [-0.1, -0.05) is 13.0 Å². The molecule has 0 unspecified atom stereocenters. The summed E-state index contributed by atoms with van der Waals surface area (Å²) in [7, 11) is 0. The molecule has 0 aromatic carbocycles. The maximum atomic E-state index is 3.40. The molecule has 3 heteroatoms. The molecule has 0 aliphatic carbocycles. The smallest absolute Gasteiger partial charge is 0.00768 e. The Bertz CT molecular complexity index is 197. The van der Waals surface area contributed by atoms with E-state index in [4.69, 9.17) is 0 Å². The van der Waals surface area contributed by atoms with Crippen LogP contribution in [0.4, 0.5) is 0 Å². The number of nitrogens with one attached hydrogen (secondary N) is 2. The van der Waals surface area contributed by atoms with Crippen molar-refractivity contribution in [3.8, 4) is 0 Å². The molecule has 0 aliphatic heterocycles. The second kappa shape index (κ2) is 7.06. The molecule has 0 amide bonds. The lowest BCUT2D eigenvalue weighted by Crippen LogP contribution is -2.28. The zero-order chi connectivity index (χ0) is 9.36. The van der Waals surface area contributed by atoms with Crippen LogP contribution in [0.2, 0.25) is 0 Å². The van der Waals surface area contributed by atoms with E-state index in [0.717, 1.165) is 32.6 Å². The molecule has 1 aromatic rings. The van der Waals surface area contributed by atoms with Crippen molar-refractivity contribution in [1.82, 2.24) is 10.6 Å². The van der Waals surface area contributed by atoms with Gasteiger partial charge in [0.15, 0.2) is 0 Å². The summed E-state index contributed by atoms with van der Waals surface area (Å²) < 4.78 is 0. The zero-order valence-corrected chi connectivity index (χ0v) is 8.99. The first-order valence-corrected chi connectivity index (χ1v) is 5.75. The molecule has 2 nitrogen and oxygen atoms in total. The molecule has 0 aliphatic rings. The largest absolute Gasteiger partial charge is 0.316 e. The van der Waals surface area contributed by atoms with Gasteiger partial charge >= 0.3 is 0 Å². The van der Waals surface area contributed by atoms with Crippen molar-refractivity contribution in [1.29, 1.82) is 0 Å². The monoisotopic (exact) mass is 198 g/mol. The summed E-state index contributed by atoms with van der Waals surface area (Å²) in [5.41, 5.74) is 0. The van der Waals surface area contributed by atoms with E-state index in [1.165, 1.54) is 4.88 Å². The summed E-state index contributed by atoms with van der Waals surface area (Å²) in [6.45, 7) is 6.42. The van der Waals surface area contributed by atoms with Crippen molar-refractivity contribution in [3.63, 3.8) is 0 Å². The van der Waals surface area contributed by atoms with Crippen molar-refractivity contribution in [2.24, 2.45) is 0 Å². The van der Waals surface area contributed by atoms with Crippen LogP contribution < -0.4 is 10.6 Å². The normalized spacial score (nSPS) is 10.5. The molecule has 0 spiro atoms. The first-order chi connectivity index (χ1) is 6.43. The third kappa shape index (κ3) is 5.03. The van der Waals surface area contributed by atoms with E-state index in [1.54, 1.807) is 0 Å². The summed E-state index contributed by atoms with van der Waals surface area (Å²) in [5.74, 6) is 0. The third-order valence-electron chi connectivity index (χ3n) is 1.86. The topological polar surface area (TPSA) is 24.1 Å². The molecule has 1 heterocycles. The van der Waals surface area contributed by atoms with Crippen LogP contribution in [-0.2, 0) is 6.42 Å². The molecule has 1 aromatic heterocycles. The van der Waals surface area contributed by atoms with Crippen molar-refractivity contribution >= 4 is 11.3 Å². The standard InChI is InChI=1S/C10H18N2S/c1-2-11-7-8-12-6-5-10-4-3-9-13-10/h3-4,9,11-12H,2,5-8H2,1H3. The first kappa shape index (κ1) is 10.7. The van der Waals surface area contributed by atoms with E-state index in [2.05, 4.69) is 35.1 Å². The molecule has 0 radical (unpaired) electrons. The van der Waals surface area contributed by atoms with Crippen molar-refractivity contribution in [2.45, 2.75) is 13.3 Å². The van der Waals surface area contributed by atoms with E-state index < -0.39 is 0 Å². The Morgan fingerprint density at radius 1 is 1.23 bits per heavy atom. The number of hydrogen-bond donors (Lipinski definition) is 2. The highest BCUT2D eigenvalue weighted by Crippen LogP contribution is 2.07. The molecule has 0 saturated heterocycles. The van der Waals surface area contributed by atoms with Crippen molar-refractivity contribution in [2.75, 3.05) is 26.2 Å². The van der Waals surface area contributed by atoms with Crippen LogP contribution in [0.3, 0.4) is 0 Å². The Morgan fingerprint density at radius 2 is 2.08 bits per heavy atom. The van der Waals surface area contributed by atoms with Gasteiger partial charge in [0.25, 0.3) is 0 Å². The van der Waals surface area contributed by atoms with Gasteiger partial charge in [-0.05, 0) is 24.4 Å². The molecule has 74 valence electrons. The SMILES string of the molecule is CCNCCNCCc1cccs1. The van der Waals surface area contributed by atoms with Crippen molar-refractivity contribution < 1.29 is 0 Å². The Hall–Kier alpha value is -0.380. The van der Waals surface area contributed by atoms with Crippen LogP contribution in [0.1, 0.15) is 11.8 Å². The second-order valence-electron chi connectivity index (χ2n) is 2.93. The van der Waals surface area contributed by atoms with E-state index in [1.807, 2.05) is 11.3 Å². The van der Waals surface area contributed by atoms with E-state index in [-0.39, 0.29) is 0 Å². The minimum Gasteiger partial charge on any atom is -0.316 e. The van der Waals surface area contributed by atoms with Gasteiger partial charge < -0.3 is 10.6 Å². The molecule has 2 N–H and O–H groups in total. The summed E-state index contributed by atoms with van der Waals surface area (Å²) in [4.78, 5) is 1.47. The third-order valence-corrected chi connectivity index (χ3v) is 2.79. The predicted octanol–water partition coefficient (Wildman–Crippen LogP) is 1.49. The second-order valence-corrected chi connectivity index (χ2v) is 3.97. The summed E-state index contributed by atoms with van der Waals surface area (Å²) in [6.07, 6.45) is 1.16. The van der Waals surface area contributed by atoms with Gasteiger partial charge in [-0.15, -0.1) is 11.3 Å². The number of rotatable bonds is 7. The lowest BCUT2D eigenvalue weighted by Gasteiger charge is -2.03. The van der Waals surface area contributed by atoms with Crippen LogP contribution in [-0.4, -0.2) is 26.2 Å². The van der Waals surface area contributed by atoms with Gasteiger partial charge in [-0.3, -0.25) is 0 Å². The number of likely N-dealkylation sites (N-methyl/N-ethyl adjacent to an activating group) is 1. The Balaban J connectivity index is 1.90. The van der Waals surface area contributed by atoms with Gasteiger partial charge in [0.05, 0.1) is 0 Å². The van der Waals surface area contributed by atoms with Gasteiger partial charge in [0.1, 0.15) is 0 Å². The molecule has 0 saturated carbocycles. The quantitative estimate of drug-likeness (QED) is 0.649. The van der Waals surface area contributed by atoms with E-state index in [0.29, 0.717) is 0 Å². The summed E-state index contributed by atoms with van der Waals surface area (Å²) in [5, 5.41) is 8.82. The zero-order valence-electron chi connectivity index (χ0n) is 8.18. The average Bonchev–Trinajstić information content (AvgIpc) is 2.63. The lowest BCUT2D eigenvalue weighted by molar-refractivity contribution is 0.626. The molecule has 0 fully saturated rings. The fourth-order valence-electron chi connectivity index (χ4n) is 1.14. The van der Waals surface area contributed by atoms with Crippen LogP contribution >= 0.6 is 11.3 Å².